The predicted molar refractivity (Wildman–Crippen MR) is 310 cm³/mol. The van der Waals surface area contributed by atoms with E-state index in [9.17, 15) is 19.8 Å². The minimum atomic E-state index is -0.848. The van der Waals surface area contributed by atoms with E-state index in [4.69, 9.17) is 4.74 Å². The molecule has 0 saturated carbocycles. The van der Waals surface area contributed by atoms with Gasteiger partial charge in [-0.3, -0.25) is 9.59 Å². The number of aliphatic hydroxyl groups excluding tert-OH is 2. The van der Waals surface area contributed by atoms with Crippen LogP contribution in [0.3, 0.4) is 0 Å². The van der Waals surface area contributed by atoms with Gasteiger partial charge in [0, 0.05) is 12.8 Å². The number of rotatable bonds is 59. The van der Waals surface area contributed by atoms with Gasteiger partial charge in [-0.05, 0) is 64.2 Å². The second-order valence-corrected chi connectivity index (χ2v) is 21.7. The van der Waals surface area contributed by atoms with Crippen molar-refractivity contribution >= 4 is 11.9 Å². The summed E-state index contributed by atoms with van der Waals surface area (Å²) in [6.07, 6.45) is 76.2. The van der Waals surface area contributed by atoms with Crippen molar-refractivity contribution in [2.24, 2.45) is 0 Å². The number of esters is 1. The largest absolute Gasteiger partial charge is 0.466 e. The normalized spacial score (nSPS) is 12.8. The standard InChI is InChI=1S/C65H123NO5/c1-3-5-7-9-11-13-15-17-18-31-35-39-43-47-51-55-59-65(70)71-60-56-52-48-44-40-36-32-29-27-25-23-21-19-20-22-24-26-28-30-34-38-42-46-50-54-58-64(69)66-62(61-67)63(68)57-53-49-45-41-37-33-16-14-12-10-8-6-4-2/h20-23,53,57,62-63,67-68H,3-19,24-52,54-56,58-61H2,1-2H3,(H,66,69)/b22-20-,23-21-,57-53+. The lowest BCUT2D eigenvalue weighted by Gasteiger charge is -2.20. The number of carbonyl (C=O) groups excluding carboxylic acids is 2. The third-order valence-corrected chi connectivity index (χ3v) is 14.7. The number of amides is 1. The van der Waals surface area contributed by atoms with Crippen LogP contribution in [0.25, 0.3) is 0 Å². The summed E-state index contributed by atoms with van der Waals surface area (Å²) in [5.41, 5.74) is 0. The summed E-state index contributed by atoms with van der Waals surface area (Å²) >= 11 is 0. The first kappa shape index (κ1) is 69.1. The Balaban J connectivity index is 3.43. The van der Waals surface area contributed by atoms with Gasteiger partial charge in [0.25, 0.3) is 0 Å². The molecule has 3 N–H and O–H groups in total. The van der Waals surface area contributed by atoms with Gasteiger partial charge in [0.1, 0.15) is 0 Å². The molecule has 0 aromatic heterocycles. The smallest absolute Gasteiger partial charge is 0.305 e. The van der Waals surface area contributed by atoms with Crippen molar-refractivity contribution in [3.8, 4) is 0 Å². The monoisotopic (exact) mass is 998 g/mol. The average Bonchev–Trinajstić information content (AvgIpc) is 3.37. The maximum Gasteiger partial charge on any atom is 0.305 e. The fourth-order valence-corrected chi connectivity index (χ4v) is 9.78. The minimum absolute atomic E-state index is 0.0120. The van der Waals surface area contributed by atoms with Crippen LogP contribution in [0.5, 0.6) is 0 Å². The number of ether oxygens (including phenoxy) is 1. The van der Waals surface area contributed by atoms with Crippen molar-refractivity contribution in [2.45, 2.75) is 353 Å². The molecule has 0 aliphatic carbocycles. The summed E-state index contributed by atoms with van der Waals surface area (Å²) in [6.45, 7) is 4.91. The maximum absolute atomic E-state index is 12.4. The third-order valence-electron chi connectivity index (χ3n) is 14.7. The third kappa shape index (κ3) is 57.2. The van der Waals surface area contributed by atoms with Crippen LogP contribution in [-0.4, -0.2) is 47.4 Å². The highest BCUT2D eigenvalue weighted by Gasteiger charge is 2.18. The fraction of sp³-hybridized carbons (Fsp3) is 0.877. The van der Waals surface area contributed by atoms with Gasteiger partial charge in [-0.25, -0.2) is 0 Å². The van der Waals surface area contributed by atoms with Crippen LogP contribution in [-0.2, 0) is 14.3 Å². The molecule has 0 aromatic rings. The van der Waals surface area contributed by atoms with Gasteiger partial charge >= 0.3 is 5.97 Å². The van der Waals surface area contributed by atoms with Crippen molar-refractivity contribution in [1.82, 2.24) is 5.32 Å². The Bertz CT molecular complexity index is 1150. The number of unbranched alkanes of at least 4 members (excludes halogenated alkanes) is 44. The lowest BCUT2D eigenvalue weighted by Crippen LogP contribution is -2.45. The van der Waals surface area contributed by atoms with Crippen LogP contribution in [0.1, 0.15) is 341 Å². The number of hydrogen-bond donors (Lipinski definition) is 3. The van der Waals surface area contributed by atoms with Gasteiger partial charge < -0.3 is 20.3 Å². The summed E-state index contributed by atoms with van der Waals surface area (Å²) in [5.74, 6) is -0.0617. The van der Waals surface area contributed by atoms with E-state index < -0.39 is 12.1 Å². The molecule has 0 aliphatic rings. The minimum Gasteiger partial charge on any atom is -0.466 e. The lowest BCUT2D eigenvalue weighted by atomic mass is 10.0. The molecular formula is C65H123NO5. The topological polar surface area (TPSA) is 95.9 Å². The molecule has 6 heteroatoms. The molecule has 0 rings (SSSR count). The van der Waals surface area contributed by atoms with Gasteiger partial charge in [-0.15, -0.1) is 0 Å². The molecule has 0 aliphatic heterocycles. The molecule has 6 nitrogen and oxygen atoms in total. The molecule has 0 heterocycles. The molecular weight excluding hydrogens is 875 g/mol. The van der Waals surface area contributed by atoms with E-state index in [0.717, 1.165) is 44.9 Å². The highest BCUT2D eigenvalue weighted by molar-refractivity contribution is 5.76. The second-order valence-electron chi connectivity index (χ2n) is 21.7. The molecule has 0 spiro atoms. The SMILES string of the molecule is CCCCCCCCCCCCC/C=C/C(O)C(CO)NC(=O)CCCCCCCCCCC/C=C\C/C=C\CCCCCCCCCCCOC(=O)CCCCCCCCCCCCCCCCCC. The van der Waals surface area contributed by atoms with E-state index in [2.05, 4.69) is 43.5 Å². The summed E-state index contributed by atoms with van der Waals surface area (Å²) < 4.78 is 5.49. The first-order valence-corrected chi connectivity index (χ1v) is 31.8. The van der Waals surface area contributed by atoms with Crippen LogP contribution < -0.4 is 5.32 Å². The maximum atomic E-state index is 12.4. The van der Waals surface area contributed by atoms with Gasteiger partial charge in [-0.2, -0.15) is 0 Å². The molecule has 0 aromatic carbocycles. The number of aliphatic hydroxyl groups is 2. The molecule has 0 saturated heterocycles. The summed E-state index contributed by atoms with van der Waals surface area (Å²) in [4.78, 5) is 24.5. The van der Waals surface area contributed by atoms with Crippen LogP contribution in [0, 0.1) is 0 Å². The van der Waals surface area contributed by atoms with E-state index >= 15 is 0 Å². The first-order chi connectivity index (χ1) is 35.0. The van der Waals surface area contributed by atoms with E-state index in [0.29, 0.717) is 19.4 Å². The highest BCUT2D eigenvalue weighted by Crippen LogP contribution is 2.17. The number of allylic oxidation sites excluding steroid dienone is 5. The van der Waals surface area contributed by atoms with Gasteiger partial charge in [0.05, 0.1) is 25.4 Å². The predicted octanol–water partition coefficient (Wildman–Crippen LogP) is 20.0. The van der Waals surface area contributed by atoms with Crippen LogP contribution in [0.2, 0.25) is 0 Å². The molecule has 0 radical (unpaired) electrons. The van der Waals surface area contributed by atoms with E-state index in [-0.39, 0.29) is 18.5 Å². The molecule has 71 heavy (non-hydrogen) atoms. The Morgan fingerprint density at radius 1 is 0.394 bits per heavy atom. The Hall–Kier alpha value is -1.92. The molecule has 418 valence electrons. The first-order valence-electron chi connectivity index (χ1n) is 31.8. The Morgan fingerprint density at radius 3 is 1.07 bits per heavy atom. The summed E-state index contributed by atoms with van der Waals surface area (Å²) in [7, 11) is 0. The molecule has 0 bridgehead atoms. The Morgan fingerprint density at radius 2 is 0.704 bits per heavy atom. The van der Waals surface area contributed by atoms with Crippen LogP contribution in [0.15, 0.2) is 36.5 Å². The number of nitrogens with one attached hydrogen (secondary N) is 1. The van der Waals surface area contributed by atoms with Crippen LogP contribution in [0.4, 0.5) is 0 Å². The highest BCUT2D eigenvalue weighted by atomic mass is 16.5. The zero-order valence-corrected chi connectivity index (χ0v) is 47.7. The zero-order chi connectivity index (χ0) is 51.4. The van der Waals surface area contributed by atoms with Crippen molar-refractivity contribution in [2.75, 3.05) is 13.2 Å². The average molecular weight is 999 g/mol. The molecule has 0 fully saturated rings. The van der Waals surface area contributed by atoms with E-state index in [1.807, 2.05) is 6.08 Å². The number of hydrogen-bond acceptors (Lipinski definition) is 5. The lowest BCUT2D eigenvalue weighted by molar-refractivity contribution is -0.143. The fourth-order valence-electron chi connectivity index (χ4n) is 9.78. The van der Waals surface area contributed by atoms with Crippen molar-refractivity contribution in [3.63, 3.8) is 0 Å². The van der Waals surface area contributed by atoms with Gasteiger partial charge in [0.15, 0.2) is 0 Å². The van der Waals surface area contributed by atoms with Gasteiger partial charge in [0.2, 0.25) is 5.91 Å². The van der Waals surface area contributed by atoms with E-state index in [1.54, 1.807) is 6.08 Å². The second kappa shape index (κ2) is 60.6. The Labute approximate surface area is 443 Å². The van der Waals surface area contributed by atoms with Crippen LogP contribution >= 0.6 is 0 Å². The quantitative estimate of drug-likeness (QED) is 0.0321. The molecule has 1 amide bonds. The van der Waals surface area contributed by atoms with Gasteiger partial charge in [-0.1, -0.05) is 301 Å². The van der Waals surface area contributed by atoms with Crippen molar-refractivity contribution in [3.05, 3.63) is 36.5 Å². The zero-order valence-electron chi connectivity index (χ0n) is 47.7. The molecule has 2 unspecified atom stereocenters. The summed E-state index contributed by atoms with van der Waals surface area (Å²) in [6, 6.07) is -0.632. The summed E-state index contributed by atoms with van der Waals surface area (Å²) in [5, 5.41) is 23.1. The molecule has 2 atom stereocenters. The van der Waals surface area contributed by atoms with Crippen molar-refractivity contribution < 1.29 is 24.5 Å². The van der Waals surface area contributed by atoms with Crippen molar-refractivity contribution in [1.29, 1.82) is 0 Å². The Kier molecular flexibility index (Phi) is 59.0. The van der Waals surface area contributed by atoms with E-state index in [1.165, 1.54) is 270 Å². The number of carbonyl (C=O) groups is 2.